The van der Waals surface area contributed by atoms with Crippen molar-refractivity contribution in [3.63, 3.8) is 0 Å². The van der Waals surface area contributed by atoms with E-state index in [4.69, 9.17) is 4.99 Å². The number of nitrogens with zero attached hydrogens (tertiary/aromatic N) is 3. The van der Waals surface area contributed by atoms with Crippen LogP contribution in [-0.4, -0.2) is 48.1 Å². The first-order valence-corrected chi connectivity index (χ1v) is 10.0. The summed E-state index contributed by atoms with van der Waals surface area (Å²) in [7, 11) is 0. The molecule has 3 rings (SSSR count). The minimum absolute atomic E-state index is 0. The molecule has 0 radical (unpaired) electrons. The normalized spacial score (nSPS) is 17.2. The van der Waals surface area contributed by atoms with E-state index in [0.717, 1.165) is 44.3 Å². The molecule has 152 valence electrons. The number of likely N-dealkylation sites (tertiary alicyclic amines) is 1. The van der Waals surface area contributed by atoms with Crippen molar-refractivity contribution in [3.8, 4) is 0 Å². The smallest absolute Gasteiger partial charge is 0.191 e. The molecule has 0 bridgehead atoms. The third-order valence-electron chi connectivity index (χ3n) is 4.93. The van der Waals surface area contributed by atoms with Crippen molar-refractivity contribution in [2.45, 2.75) is 38.8 Å². The molecule has 1 aliphatic heterocycles. The highest BCUT2D eigenvalue weighted by Crippen LogP contribution is 2.20. The van der Waals surface area contributed by atoms with Crippen LogP contribution in [-0.2, 0) is 13.0 Å². The van der Waals surface area contributed by atoms with Crippen molar-refractivity contribution in [3.05, 3.63) is 66.0 Å². The Balaban J connectivity index is 0.00000280. The molecule has 2 aromatic rings. The summed E-state index contributed by atoms with van der Waals surface area (Å²) >= 11 is 0. The topological polar surface area (TPSA) is 52.6 Å². The fraction of sp³-hybridized carbons (Fsp3) is 0.455. The van der Waals surface area contributed by atoms with Gasteiger partial charge in [0.1, 0.15) is 0 Å². The molecule has 0 spiro atoms. The van der Waals surface area contributed by atoms with Crippen LogP contribution in [0.5, 0.6) is 0 Å². The standard InChI is InChI=1S/C22H31N5.HI/c1-2-23-22(25-15-13-20-11-6-7-14-24-20)26-17-21-12-8-16-27(21)18-19-9-4-3-5-10-19;/h3-7,9-11,14,21H,2,8,12-13,15-18H2,1H3,(H2,23,25,26);1H. The summed E-state index contributed by atoms with van der Waals surface area (Å²) in [5.41, 5.74) is 2.49. The Bertz CT molecular complexity index is 693. The second-order valence-electron chi connectivity index (χ2n) is 6.97. The molecule has 0 saturated carbocycles. The Morgan fingerprint density at radius 2 is 1.96 bits per heavy atom. The van der Waals surface area contributed by atoms with Gasteiger partial charge in [-0.15, -0.1) is 24.0 Å². The molecule has 1 unspecified atom stereocenters. The molecule has 1 aromatic carbocycles. The molecule has 1 saturated heterocycles. The molecule has 2 heterocycles. The molecule has 28 heavy (non-hydrogen) atoms. The highest BCUT2D eigenvalue weighted by Gasteiger charge is 2.24. The summed E-state index contributed by atoms with van der Waals surface area (Å²) in [6.07, 6.45) is 5.23. The first kappa shape index (κ1) is 22.6. The van der Waals surface area contributed by atoms with E-state index >= 15 is 0 Å². The van der Waals surface area contributed by atoms with Gasteiger partial charge in [0.15, 0.2) is 5.96 Å². The number of halogens is 1. The van der Waals surface area contributed by atoms with Crippen LogP contribution in [0.15, 0.2) is 59.7 Å². The van der Waals surface area contributed by atoms with Gasteiger partial charge in [-0.05, 0) is 44.0 Å². The zero-order valence-corrected chi connectivity index (χ0v) is 19.0. The van der Waals surface area contributed by atoms with Crippen molar-refractivity contribution >= 4 is 29.9 Å². The predicted octanol–water partition coefficient (Wildman–Crippen LogP) is 3.46. The molecule has 6 heteroatoms. The van der Waals surface area contributed by atoms with Gasteiger partial charge in [-0.3, -0.25) is 14.9 Å². The van der Waals surface area contributed by atoms with Crippen molar-refractivity contribution in [1.82, 2.24) is 20.5 Å². The quantitative estimate of drug-likeness (QED) is 0.336. The Morgan fingerprint density at radius 3 is 2.71 bits per heavy atom. The lowest BCUT2D eigenvalue weighted by molar-refractivity contribution is 0.250. The molecule has 1 aliphatic rings. The second kappa shape index (κ2) is 12.7. The number of hydrogen-bond acceptors (Lipinski definition) is 3. The van der Waals surface area contributed by atoms with Crippen LogP contribution in [0.3, 0.4) is 0 Å². The van der Waals surface area contributed by atoms with Crippen LogP contribution >= 0.6 is 24.0 Å². The Kier molecular flexibility index (Phi) is 10.3. The van der Waals surface area contributed by atoms with E-state index in [1.807, 2.05) is 18.3 Å². The average molecular weight is 493 g/mol. The minimum atomic E-state index is 0. The molecule has 0 aliphatic carbocycles. The lowest BCUT2D eigenvalue weighted by atomic mass is 10.2. The van der Waals surface area contributed by atoms with E-state index in [1.165, 1.54) is 24.9 Å². The zero-order chi connectivity index (χ0) is 18.7. The van der Waals surface area contributed by atoms with Gasteiger partial charge in [0.25, 0.3) is 0 Å². The van der Waals surface area contributed by atoms with Gasteiger partial charge >= 0.3 is 0 Å². The summed E-state index contributed by atoms with van der Waals surface area (Å²) in [6, 6.07) is 17.3. The van der Waals surface area contributed by atoms with Crippen LogP contribution in [0.25, 0.3) is 0 Å². The van der Waals surface area contributed by atoms with E-state index in [0.29, 0.717) is 6.04 Å². The maximum Gasteiger partial charge on any atom is 0.191 e. The van der Waals surface area contributed by atoms with Gasteiger partial charge in [0, 0.05) is 44.0 Å². The fourth-order valence-corrected chi connectivity index (χ4v) is 3.52. The molecule has 1 atom stereocenters. The molecule has 1 fully saturated rings. The van der Waals surface area contributed by atoms with Gasteiger partial charge in [0.05, 0.1) is 6.54 Å². The third-order valence-corrected chi connectivity index (χ3v) is 4.93. The first-order valence-electron chi connectivity index (χ1n) is 10.0. The third kappa shape index (κ3) is 7.39. The van der Waals surface area contributed by atoms with Crippen LogP contribution in [0.4, 0.5) is 0 Å². The van der Waals surface area contributed by atoms with Gasteiger partial charge < -0.3 is 10.6 Å². The minimum Gasteiger partial charge on any atom is -0.357 e. The highest BCUT2D eigenvalue weighted by molar-refractivity contribution is 14.0. The maximum atomic E-state index is 4.85. The van der Waals surface area contributed by atoms with Gasteiger partial charge in [-0.1, -0.05) is 36.4 Å². The number of aromatic nitrogens is 1. The van der Waals surface area contributed by atoms with E-state index in [9.17, 15) is 0 Å². The van der Waals surface area contributed by atoms with Crippen molar-refractivity contribution in [2.24, 2.45) is 4.99 Å². The van der Waals surface area contributed by atoms with Gasteiger partial charge in [0.2, 0.25) is 0 Å². The van der Waals surface area contributed by atoms with Gasteiger partial charge in [-0.2, -0.15) is 0 Å². The predicted molar refractivity (Wildman–Crippen MR) is 127 cm³/mol. The SMILES string of the molecule is CCNC(=NCC1CCCN1Cc1ccccc1)NCCc1ccccn1.I. The van der Waals surface area contributed by atoms with E-state index in [2.05, 4.69) is 63.8 Å². The second-order valence-corrected chi connectivity index (χ2v) is 6.97. The number of nitrogens with one attached hydrogen (secondary N) is 2. The van der Waals surface area contributed by atoms with Crippen LogP contribution in [0, 0.1) is 0 Å². The molecule has 2 N–H and O–H groups in total. The Hall–Kier alpha value is -1.67. The summed E-state index contributed by atoms with van der Waals surface area (Å²) in [5.74, 6) is 0.903. The number of guanidine groups is 1. The average Bonchev–Trinajstić information content (AvgIpc) is 3.14. The van der Waals surface area contributed by atoms with Crippen molar-refractivity contribution < 1.29 is 0 Å². The number of hydrogen-bond donors (Lipinski definition) is 2. The van der Waals surface area contributed by atoms with Crippen molar-refractivity contribution in [2.75, 3.05) is 26.2 Å². The van der Waals surface area contributed by atoms with E-state index in [1.54, 1.807) is 0 Å². The van der Waals surface area contributed by atoms with Crippen molar-refractivity contribution in [1.29, 1.82) is 0 Å². The lowest BCUT2D eigenvalue weighted by Crippen LogP contribution is -2.40. The number of rotatable bonds is 8. The van der Waals surface area contributed by atoms with E-state index < -0.39 is 0 Å². The monoisotopic (exact) mass is 493 g/mol. The molecular formula is C22H32IN5. The highest BCUT2D eigenvalue weighted by atomic mass is 127. The Morgan fingerprint density at radius 1 is 1.14 bits per heavy atom. The fourth-order valence-electron chi connectivity index (χ4n) is 3.52. The van der Waals surface area contributed by atoms with E-state index in [-0.39, 0.29) is 24.0 Å². The largest absolute Gasteiger partial charge is 0.357 e. The molecular weight excluding hydrogens is 461 g/mol. The number of benzene rings is 1. The molecule has 1 aromatic heterocycles. The van der Waals surface area contributed by atoms with Gasteiger partial charge in [-0.25, -0.2) is 0 Å². The molecule has 0 amide bonds. The van der Waals surface area contributed by atoms with Crippen LogP contribution in [0.2, 0.25) is 0 Å². The summed E-state index contributed by atoms with van der Waals surface area (Å²) in [4.78, 5) is 11.8. The summed E-state index contributed by atoms with van der Waals surface area (Å²) in [6.45, 7) is 6.83. The zero-order valence-electron chi connectivity index (χ0n) is 16.7. The number of aliphatic imine (C=N–C) groups is 1. The number of pyridine rings is 1. The lowest BCUT2D eigenvalue weighted by Gasteiger charge is -2.23. The molecule has 5 nitrogen and oxygen atoms in total. The first-order chi connectivity index (χ1) is 13.3. The summed E-state index contributed by atoms with van der Waals surface area (Å²) in [5, 5.41) is 6.80. The summed E-state index contributed by atoms with van der Waals surface area (Å²) < 4.78 is 0. The van der Waals surface area contributed by atoms with Crippen LogP contribution < -0.4 is 10.6 Å². The maximum absolute atomic E-state index is 4.85. The van der Waals surface area contributed by atoms with Crippen LogP contribution in [0.1, 0.15) is 31.0 Å². The Labute approximate surface area is 186 Å².